The summed E-state index contributed by atoms with van der Waals surface area (Å²) in [5.41, 5.74) is 7.33. The van der Waals surface area contributed by atoms with Gasteiger partial charge in [0.05, 0.1) is 17.1 Å². The first-order valence-corrected chi connectivity index (χ1v) is 11.3. The van der Waals surface area contributed by atoms with Crippen LogP contribution in [0.25, 0.3) is 0 Å². The van der Waals surface area contributed by atoms with Crippen LogP contribution in [0.1, 0.15) is 26.7 Å². The number of aliphatic imine (C=N–C) groups is 1. The third-order valence-electron chi connectivity index (χ3n) is 4.63. The standard InChI is InChI=1S/C20H28N4O4S/c1-4-16-13(2)8-9-17(18(21)26)20(24-19(16)22-10-11-25)23-14-6-5-7-15(12-14)29(3,27)28/h5-7,9,12-13,22,25H,4,8,10-11H2,1-3H3,(H2,21,26)(H,23,24)/b17-9+,19-16-. The van der Waals surface area contributed by atoms with E-state index in [1.54, 1.807) is 18.2 Å². The number of nitrogens with one attached hydrogen (secondary N) is 2. The van der Waals surface area contributed by atoms with Gasteiger partial charge >= 0.3 is 0 Å². The average Bonchev–Trinajstić information content (AvgIpc) is 2.64. The Morgan fingerprint density at radius 2 is 2.10 bits per heavy atom. The molecule has 0 spiro atoms. The normalized spacial score (nSPS) is 23.8. The van der Waals surface area contributed by atoms with E-state index < -0.39 is 15.7 Å². The van der Waals surface area contributed by atoms with Gasteiger partial charge in [0.25, 0.3) is 5.91 Å². The number of nitrogens with two attached hydrogens (primary N) is 1. The maximum atomic E-state index is 12.1. The van der Waals surface area contributed by atoms with Crippen LogP contribution in [0.3, 0.4) is 0 Å². The number of benzene rings is 1. The lowest BCUT2D eigenvalue weighted by Crippen LogP contribution is -2.30. The van der Waals surface area contributed by atoms with Crippen molar-refractivity contribution in [2.45, 2.75) is 31.6 Å². The van der Waals surface area contributed by atoms with E-state index in [1.165, 1.54) is 12.1 Å². The molecule has 5 N–H and O–H groups in total. The van der Waals surface area contributed by atoms with Crippen molar-refractivity contribution in [1.82, 2.24) is 5.32 Å². The van der Waals surface area contributed by atoms with Gasteiger partial charge in [0, 0.05) is 18.5 Å². The Kier molecular flexibility index (Phi) is 7.58. The maximum absolute atomic E-state index is 12.1. The number of nitrogens with zero attached hydrogens (tertiary/aromatic N) is 1. The molecule has 2 rings (SSSR count). The molecule has 0 radical (unpaired) electrons. The van der Waals surface area contributed by atoms with E-state index >= 15 is 0 Å². The highest BCUT2D eigenvalue weighted by atomic mass is 32.2. The molecular weight excluding hydrogens is 392 g/mol. The molecule has 1 atom stereocenters. The van der Waals surface area contributed by atoms with Gasteiger partial charge in [0.15, 0.2) is 9.84 Å². The molecule has 1 aliphatic heterocycles. The van der Waals surface area contributed by atoms with Gasteiger partial charge in [-0.05, 0) is 42.5 Å². The van der Waals surface area contributed by atoms with Crippen molar-refractivity contribution in [2.75, 3.05) is 24.7 Å². The molecule has 29 heavy (non-hydrogen) atoms. The third-order valence-corrected chi connectivity index (χ3v) is 5.74. The molecule has 0 saturated heterocycles. The van der Waals surface area contributed by atoms with E-state index in [0.717, 1.165) is 18.2 Å². The van der Waals surface area contributed by atoms with Crippen molar-refractivity contribution < 1.29 is 18.3 Å². The van der Waals surface area contributed by atoms with Crippen LogP contribution in [0.15, 0.2) is 57.2 Å². The smallest absolute Gasteiger partial charge is 0.252 e. The average molecular weight is 421 g/mol. The number of primary amides is 1. The second-order valence-corrected chi connectivity index (χ2v) is 8.90. The lowest BCUT2D eigenvalue weighted by atomic mass is 9.93. The minimum Gasteiger partial charge on any atom is -0.395 e. The van der Waals surface area contributed by atoms with Crippen LogP contribution in [-0.2, 0) is 14.6 Å². The molecule has 158 valence electrons. The van der Waals surface area contributed by atoms with Gasteiger partial charge in [-0.1, -0.05) is 26.0 Å². The lowest BCUT2D eigenvalue weighted by molar-refractivity contribution is -0.114. The molecule has 0 aromatic heterocycles. The van der Waals surface area contributed by atoms with Crippen molar-refractivity contribution in [3.05, 3.63) is 47.3 Å². The molecule has 8 nitrogen and oxygen atoms in total. The fourth-order valence-electron chi connectivity index (χ4n) is 3.11. The Balaban J connectivity index is 2.57. The number of hydrogen-bond acceptors (Lipinski definition) is 7. The predicted molar refractivity (Wildman–Crippen MR) is 114 cm³/mol. The summed E-state index contributed by atoms with van der Waals surface area (Å²) in [4.78, 5) is 16.8. The van der Waals surface area contributed by atoms with Crippen LogP contribution in [0.4, 0.5) is 5.69 Å². The zero-order valence-electron chi connectivity index (χ0n) is 16.9. The predicted octanol–water partition coefficient (Wildman–Crippen LogP) is 1.56. The van der Waals surface area contributed by atoms with Crippen molar-refractivity contribution >= 4 is 27.3 Å². The SMILES string of the molecule is CC/C1=C(NCCO)/N=C(Nc2cccc(S(C)(=O)=O)c2)\C(C(N)=O)=C\CC1C. The number of amidine groups is 1. The van der Waals surface area contributed by atoms with Crippen molar-refractivity contribution in [1.29, 1.82) is 0 Å². The molecule has 1 unspecified atom stereocenters. The van der Waals surface area contributed by atoms with Crippen LogP contribution >= 0.6 is 0 Å². The summed E-state index contributed by atoms with van der Waals surface area (Å²) in [5.74, 6) is 0.294. The number of anilines is 1. The van der Waals surface area contributed by atoms with Crippen LogP contribution in [-0.4, -0.2) is 44.7 Å². The van der Waals surface area contributed by atoms with Gasteiger partial charge in [-0.15, -0.1) is 0 Å². The number of allylic oxidation sites excluding steroid dienone is 2. The zero-order chi connectivity index (χ0) is 21.6. The van der Waals surface area contributed by atoms with E-state index in [9.17, 15) is 18.3 Å². The fraction of sp³-hybridized carbons (Fsp3) is 0.400. The molecule has 1 aliphatic rings. The van der Waals surface area contributed by atoms with E-state index in [-0.39, 0.29) is 28.8 Å². The van der Waals surface area contributed by atoms with Gasteiger partial charge in [-0.3, -0.25) is 4.79 Å². The maximum Gasteiger partial charge on any atom is 0.252 e. The summed E-state index contributed by atoms with van der Waals surface area (Å²) in [6.07, 6.45) is 4.21. The summed E-state index contributed by atoms with van der Waals surface area (Å²) in [6, 6.07) is 6.26. The van der Waals surface area contributed by atoms with Crippen molar-refractivity contribution in [2.24, 2.45) is 16.6 Å². The monoisotopic (exact) mass is 420 g/mol. The first-order valence-electron chi connectivity index (χ1n) is 9.41. The molecule has 9 heteroatoms. The molecule has 1 amide bonds. The van der Waals surface area contributed by atoms with Gasteiger partial charge in [-0.25, -0.2) is 13.4 Å². The molecule has 0 fully saturated rings. The van der Waals surface area contributed by atoms with E-state index in [4.69, 9.17) is 5.73 Å². The van der Waals surface area contributed by atoms with E-state index in [1.807, 2.05) is 13.8 Å². The van der Waals surface area contributed by atoms with Crippen molar-refractivity contribution in [3.63, 3.8) is 0 Å². The molecule has 1 aromatic carbocycles. The molecular formula is C20H28N4O4S. The molecule has 1 heterocycles. The largest absolute Gasteiger partial charge is 0.395 e. The minimum absolute atomic E-state index is 0.0674. The second-order valence-electron chi connectivity index (χ2n) is 6.88. The van der Waals surface area contributed by atoms with Gasteiger partial charge in [-0.2, -0.15) is 0 Å². The Morgan fingerprint density at radius 3 is 2.69 bits per heavy atom. The number of aliphatic hydroxyl groups excluding tert-OH is 1. The topological polar surface area (TPSA) is 134 Å². The molecule has 0 aliphatic carbocycles. The summed E-state index contributed by atoms with van der Waals surface area (Å²) >= 11 is 0. The van der Waals surface area contributed by atoms with Gasteiger partial charge in [0.2, 0.25) is 0 Å². The highest BCUT2D eigenvalue weighted by Crippen LogP contribution is 2.26. The molecule has 1 aromatic rings. The summed E-state index contributed by atoms with van der Waals surface area (Å²) < 4.78 is 23.7. The summed E-state index contributed by atoms with van der Waals surface area (Å²) in [5, 5.41) is 15.4. The summed E-state index contributed by atoms with van der Waals surface area (Å²) in [7, 11) is -3.39. The number of hydrogen-bond donors (Lipinski definition) is 4. The minimum atomic E-state index is -3.39. The Hall–Kier alpha value is -2.65. The van der Waals surface area contributed by atoms with Crippen molar-refractivity contribution in [3.8, 4) is 0 Å². The summed E-state index contributed by atoms with van der Waals surface area (Å²) in [6.45, 7) is 4.30. The number of sulfone groups is 1. The molecule has 0 bridgehead atoms. The third kappa shape index (κ3) is 5.91. The number of aliphatic hydroxyl groups is 1. The van der Waals surface area contributed by atoms with Crippen LogP contribution in [0.5, 0.6) is 0 Å². The first kappa shape index (κ1) is 22.6. The number of rotatable bonds is 7. The van der Waals surface area contributed by atoms with Gasteiger partial charge < -0.3 is 21.5 Å². The van der Waals surface area contributed by atoms with Crippen LogP contribution in [0.2, 0.25) is 0 Å². The number of carbonyl (C=O) groups is 1. The zero-order valence-corrected chi connectivity index (χ0v) is 17.7. The number of carbonyl (C=O) groups excluding carboxylic acids is 1. The highest BCUT2D eigenvalue weighted by molar-refractivity contribution is 7.90. The van der Waals surface area contributed by atoms with Gasteiger partial charge in [0.1, 0.15) is 11.7 Å². The Labute approximate surface area is 171 Å². The number of amides is 1. The highest BCUT2D eigenvalue weighted by Gasteiger charge is 2.21. The van der Waals surface area contributed by atoms with Crippen LogP contribution in [0, 0.1) is 5.92 Å². The Bertz CT molecular complexity index is 964. The molecule has 0 saturated carbocycles. The first-order chi connectivity index (χ1) is 13.7. The quantitative estimate of drug-likeness (QED) is 0.529. The lowest BCUT2D eigenvalue weighted by Gasteiger charge is -2.22. The van der Waals surface area contributed by atoms with Crippen LogP contribution < -0.4 is 16.4 Å². The second kappa shape index (κ2) is 9.71. The van der Waals surface area contributed by atoms with E-state index in [2.05, 4.69) is 15.6 Å². The fourth-order valence-corrected chi connectivity index (χ4v) is 3.77. The van der Waals surface area contributed by atoms with E-state index in [0.29, 0.717) is 24.5 Å². The Morgan fingerprint density at radius 1 is 1.38 bits per heavy atom.